The molecular weight excluding hydrogens is 451 g/mol. The molecule has 8 nitrogen and oxygen atoms in total. The van der Waals surface area contributed by atoms with Gasteiger partial charge in [-0.1, -0.05) is 0 Å². The first-order valence-electron chi connectivity index (χ1n) is 10.8. The molecule has 3 heterocycles. The van der Waals surface area contributed by atoms with E-state index in [9.17, 15) is 18.3 Å². The molecule has 1 unspecified atom stereocenters. The highest BCUT2D eigenvalue weighted by atomic mass is 19.1. The molecule has 1 aliphatic heterocycles. The summed E-state index contributed by atoms with van der Waals surface area (Å²) in [7, 11) is 3.10. The smallest absolute Gasteiger partial charge is 0.168 e. The van der Waals surface area contributed by atoms with E-state index in [-0.39, 0.29) is 29.3 Å². The number of methoxy groups -OCH3 is 1. The van der Waals surface area contributed by atoms with Gasteiger partial charge >= 0.3 is 0 Å². The van der Waals surface area contributed by atoms with E-state index in [1.54, 1.807) is 11.7 Å². The summed E-state index contributed by atoms with van der Waals surface area (Å²) >= 11 is 0. The number of hydrogen-bond donors (Lipinski definition) is 3. The molecule has 2 aromatic heterocycles. The number of rotatable bonds is 6. The fraction of sp³-hybridized carbons (Fsp3) is 0.391. The van der Waals surface area contributed by atoms with Gasteiger partial charge in [0.25, 0.3) is 0 Å². The standard InChI is InChI=1S/C23H26F3N5O3/c1-31-22(20-8-6-17(27)16(26)11-34-20)19(10-28-31)30-23(32)18-7-5-14(24)21(29-18)13-4-3-12(33-2)9-15(13)25/h3-5,7,9-10,16-17,20,23,30,32H,6,8,11,27H2,1-2H3/t16-,17-,20+,23?/m1/s1. The van der Waals surface area contributed by atoms with Gasteiger partial charge in [0.15, 0.2) is 6.23 Å². The predicted molar refractivity (Wildman–Crippen MR) is 119 cm³/mol. The van der Waals surface area contributed by atoms with Crippen LogP contribution in [0.15, 0.2) is 36.5 Å². The van der Waals surface area contributed by atoms with Crippen LogP contribution in [-0.4, -0.2) is 45.8 Å². The van der Waals surface area contributed by atoms with Crippen LogP contribution in [0.4, 0.5) is 18.9 Å². The number of nitrogens with zero attached hydrogens (tertiary/aromatic N) is 3. The second-order valence-electron chi connectivity index (χ2n) is 8.11. The molecule has 34 heavy (non-hydrogen) atoms. The molecule has 11 heteroatoms. The summed E-state index contributed by atoms with van der Waals surface area (Å²) in [6.45, 7) is -0.144. The van der Waals surface area contributed by atoms with Crippen LogP contribution < -0.4 is 15.8 Å². The number of aliphatic hydroxyl groups excluding tert-OH is 1. The van der Waals surface area contributed by atoms with E-state index in [0.29, 0.717) is 24.2 Å². The van der Waals surface area contributed by atoms with Crippen molar-refractivity contribution in [3.05, 3.63) is 59.6 Å². The Morgan fingerprint density at radius 1 is 1.24 bits per heavy atom. The zero-order valence-corrected chi connectivity index (χ0v) is 18.7. The Hall–Kier alpha value is -3.15. The Balaban J connectivity index is 1.59. The third-order valence-electron chi connectivity index (χ3n) is 5.84. The highest BCUT2D eigenvalue weighted by Gasteiger charge is 2.30. The van der Waals surface area contributed by atoms with Crippen molar-refractivity contribution >= 4 is 5.69 Å². The van der Waals surface area contributed by atoms with Crippen molar-refractivity contribution in [3.63, 3.8) is 0 Å². The molecule has 1 saturated heterocycles. The largest absolute Gasteiger partial charge is 0.497 e. The number of alkyl halides is 1. The van der Waals surface area contributed by atoms with Crippen LogP contribution in [0.1, 0.15) is 36.6 Å². The zero-order valence-electron chi connectivity index (χ0n) is 18.7. The van der Waals surface area contributed by atoms with Crippen molar-refractivity contribution in [2.24, 2.45) is 12.8 Å². The second-order valence-corrected chi connectivity index (χ2v) is 8.11. The summed E-state index contributed by atoms with van der Waals surface area (Å²) in [5, 5.41) is 17.9. The number of aromatic nitrogens is 3. The van der Waals surface area contributed by atoms with Gasteiger partial charge in [-0.3, -0.25) is 4.68 Å². The number of ether oxygens (including phenoxy) is 2. The summed E-state index contributed by atoms with van der Waals surface area (Å²) in [6, 6.07) is 5.76. The maximum Gasteiger partial charge on any atom is 0.168 e. The number of nitrogens with two attached hydrogens (primary N) is 1. The lowest BCUT2D eigenvalue weighted by molar-refractivity contribution is 0.0246. The van der Waals surface area contributed by atoms with Crippen molar-refractivity contribution in [2.75, 3.05) is 19.0 Å². The van der Waals surface area contributed by atoms with Gasteiger partial charge in [-0.25, -0.2) is 18.2 Å². The van der Waals surface area contributed by atoms with Gasteiger partial charge in [-0.2, -0.15) is 5.10 Å². The van der Waals surface area contributed by atoms with Crippen molar-refractivity contribution in [1.82, 2.24) is 14.8 Å². The number of anilines is 1. The normalized spacial score (nSPS) is 21.7. The molecule has 0 amide bonds. The molecule has 182 valence electrons. The van der Waals surface area contributed by atoms with Gasteiger partial charge in [0, 0.05) is 24.7 Å². The van der Waals surface area contributed by atoms with Crippen LogP contribution in [0.25, 0.3) is 11.3 Å². The van der Waals surface area contributed by atoms with Crippen molar-refractivity contribution in [3.8, 4) is 17.0 Å². The molecule has 4 atom stereocenters. The van der Waals surface area contributed by atoms with Crippen LogP contribution in [0.2, 0.25) is 0 Å². The van der Waals surface area contributed by atoms with Crippen LogP contribution in [0.3, 0.4) is 0 Å². The minimum absolute atomic E-state index is 0.0639. The Bertz CT molecular complexity index is 1150. The van der Waals surface area contributed by atoms with E-state index in [1.807, 2.05) is 0 Å². The van der Waals surface area contributed by atoms with Crippen LogP contribution in [0, 0.1) is 11.6 Å². The molecule has 4 N–H and O–H groups in total. The average molecular weight is 477 g/mol. The maximum atomic E-state index is 14.5. The lowest BCUT2D eigenvalue weighted by Gasteiger charge is -2.20. The zero-order chi connectivity index (χ0) is 24.4. The van der Waals surface area contributed by atoms with E-state index in [1.165, 1.54) is 31.5 Å². The van der Waals surface area contributed by atoms with Crippen molar-refractivity contribution < 1.29 is 27.8 Å². The lowest BCUT2D eigenvalue weighted by atomic mass is 10.0. The summed E-state index contributed by atoms with van der Waals surface area (Å²) < 4.78 is 55.2. The molecule has 1 fully saturated rings. The molecule has 0 bridgehead atoms. The minimum Gasteiger partial charge on any atom is -0.497 e. The summed E-state index contributed by atoms with van der Waals surface area (Å²) in [6.07, 6.45) is -0.727. The third kappa shape index (κ3) is 4.86. The molecule has 0 aliphatic carbocycles. The van der Waals surface area contributed by atoms with E-state index in [0.717, 1.165) is 12.1 Å². The van der Waals surface area contributed by atoms with Crippen LogP contribution in [0.5, 0.6) is 5.75 Å². The number of benzene rings is 1. The fourth-order valence-electron chi connectivity index (χ4n) is 3.93. The quantitative estimate of drug-likeness (QED) is 0.467. The molecule has 4 rings (SSSR count). The number of aliphatic hydroxyl groups is 1. The topological polar surface area (TPSA) is 107 Å². The first-order valence-corrected chi connectivity index (χ1v) is 10.8. The number of hydrogen-bond acceptors (Lipinski definition) is 7. The highest BCUT2D eigenvalue weighted by Crippen LogP contribution is 2.34. The summed E-state index contributed by atoms with van der Waals surface area (Å²) in [5.41, 5.74) is 6.61. The first-order chi connectivity index (χ1) is 16.3. The van der Waals surface area contributed by atoms with Gasteiger partial charge < -0.3 is 25.6 Å². The van der Waals surface area contributed by atoms with E-state index < -0.39 is 36.2 Å². The van der Waals surface area contributed by atoms with Crippen molar-refractivity contribution in [2.45, 2.75) is 37.4 Å². The second kappa shape index (κ2) is 10.00. The maximum absolute atomic E-state index is 14.5. The third-order valence-corrected chi connectivity index (χ3v) is 5.84. The lowest BCUT2D eigenvalue weighted by Crippen LogP contribution is -2.32. The Kier molecular flexibility index (Phi) is 7.05. The molecule has 3 aromatic rings. The molecule has 0 saturated carbocycles. The minimum atomic E-state index is -1.37. The molecule has 0 radical (unpaired) electrons. The van der Waals surface area contributed by atoms with Gasteiger partial charge in [-0.05, 0) is 37.1 Å². The first kappa shape index (κ1) is 24.0. The number of nitrogens with one attached hydrogen (secondary N) is 1. The molecular formula is C23H26F3N5O3. The van der Waals surface area contributed by atoms with Gasteiger partial charge in [-0.15, -0.1) is 0 Å². The number of halogens is 3. The highest BCUT2D eigenvalue weighted by molar-refractivity contribution is 5.62. The van der Waals surface area contributed by atoms with Gasteiger partial charge in [0.2, 0.25) is 0 Å². The Labute approximate surface area is 194 Å². The van der Waals surface area contributed by atoms with E-state index in [4.69, 9.17) is 15.2 Å². The predicted octanol–water partition coefficient (Wildman–Crippen LogP) is 3.39. The van der Waals surface area contributed by atoms with Crippen LogP contribution >= 0.6 is 0 Å². The van der Waals surface area contributed by atoms with E-state index >= 15 is 0 Å². The SMILES string of the molecule is COc1ccc(-c2nc(C(O)Nc3cnn(C)c3[C@@H]3CC[C@@H](N)[C@H](F)CO3)ccc2F)c(F)c1. The Morgan fingerprint density at radius 2 is 2.03 bits per heavy atom. The fourth-order valence-corrected chi connectivity index (χ4v) is 3.93. The average Bonchev–Trinajstić information content (AvgIpc) is 3.09. The van der Waals surface area contributed by atoms with Gasteiger partial charge in [0.05, 0.1) is 37.0 Å². The monoisotopic (exact) mass is 477 g/mol. The van der Waals surface area contributed by atoms with E-state index in [2.05, 4.69) is 15.4 Å². The van der Waals surface area contributed by atoms with Gasteiger partial charge in [0.1, 0.15) is 35.4 Å². The molecule has 1 aromatic carbocycles. The Morgan fingerprint density at radius 3 is 2.76 bits per heavy atom. The summed E-state index contributed by atoms with van der Waals surface area (Å²) in [4.78, 5) is 4.15. The number of aryl methyl sites for hydroxylation is 1. The molecule has 1 aliphatic rings. The van der Waals surface area contributed by atoms with Crippen molar-refractivity contribution in [1.29, 1.82) is 0 Å². The summed E-state index contributed by atoms with van der Waals surface area (Å²) in [5.74, 6) is -1.18. The molecule has 0 spiro atoms. The number of pyridine rings is 1. The van der Waals surface area contributed by atoms with Crippen LogP contribution in [-0.2, 0) is 11.8 Å².